The number of rotatable bonds is 3. The van der Waals surface area contributed by atoms with Crippen molar-refractivity contribution in [1.29, 1.82) is 0 Å². The van der Waals surface area contributed by atoms with Gasteiger partial charge in [-0.05, 0) is 6.07 Å². The lowest BCUT2D eigenvalue weighted by Gasteiger charge is -2.11. The number of aliphatic hydroxyl groups excluding tert-OH is 1. The van der Waals surface area contributed by atoms with Gasteiger partial charge in [-0.25, -0.2) is 0 Å². The maximum Gasteiger partial charge on any atom is 0.219 e. The maximum atomic E-state index is 10.4. The average Bonchev–Trinajstić information content (AvgIpc) is 2.70. The van der Waals surface area contributed by atoms with Crippen molar-refractivity contribution >= 4 is 17.2 Å². The third-order valence-corrected chi connectivity index (χ3v) is 2.42. The summed E-state index contributed by atoms with van der Waals surface area (Å²) in [5, 5.41) is 10.6. The van der Waals surface area contributed by atoms with Gasteiger partial charge in [0.2, 0.25) is 6.29 Å². The van der Waals surface area contributed by atoms with Crippen LogP contribution < -0.4 is 5.73 Å². The van der Waals surface area contributed by atoms with Crippen LogP contribution in [0.5, 0.6) is 0 Å². The molecule has 0 amide bonds. The molecule has 1 radical (unpaired) electrons. The summed E-state index contributed by atoms with van der Waals surface area (Å²) in [4.78, 5) is 13.4. The van der Waals surface area contributed by atoms with Gasteiger partial charge in [0.05, 0.1) is 0 Å². The van der Waals surface area contributed by atoms with Crippen molar-refractivity contribution in [1.82, 2.24) is 4.98 Å². The second-order valence-corrected chi connectivity index (χ2v) is 3.38. The predicted octanol–water partition coefficient (Wildman–Crippen LogP) is 0.638. The van der Waals surface area contributed by atoms with Crippen molar-refractivity contribution < 1.29 is 9.90 Å². The van der Waals surface area contributed by atoms with Crippen molar-refractivity contribution in [3.05, 3.63) is 36.0 Å². The molecule has 1 unspecified atom stereocenters. The number of carbonyl (C=O) groups excluding carboxylic acids is 1. The SMILES string of the molecule is N[C@H]([C]=O)C(O)c1c[nH]c2ccccc12. The summed E-state index contributed by atoms with van der Waals surface area (Å²) in [7, 11) is 0. The van der Waals surface area contributed by atoms with Crippen LogP contribution in [0.15, 0.2) is 30.5 Å². The molecule has 4 nitrogen and oxygen atoms in total. The maximum absolute atomic E-state index is 10.4. The summed E-state index contributed by atoms with van der Waals surface area (Å²) in [5.41, 5.74) is 6.94. The van der Waals surface area contributed by atoms with Crippen molar-refractivity contribution in [3.8, 4) is 0 Å². The Kier molecular flexibility index (Phi) is 2.53. The van der Waals surface area contributed by atoms with E-state index in [0.717, 1.165) is 10.9 Å². The first-order valence-electron chi connectivity index (χ1n) is 4.61. The Morgan fingerprint density at radius 1 is 1.40 bits per heavy atom. The number of aliphatic hydroxyl groups is 1. The lowest BCUT2D eigenvalue weighted by molar-refractivity contribution is 0.169. The van der Waals surface area contributed by atoms with Crippen LogP contribution in [0.1, 0.15) is 11.7 Å². The van der Waals surface area contributed by atoms with Gasteiger partial charge in [0, 0.05) is 22.7 Å². The molecule has 4 heteroatoms. The van der Waals surface area contributed by atoms with Crippen LogP contribution in [0.3, 0.4) is 0 Å². The molecule has 1 aromatic carbocycles. The first-order chi connectivity index (χ1) is 7.24. The molecule has 0 spiro atoms. The Balaban J connectivity index is 2.48. The van der Waals surface area contributed by atoms with E-state index in [9.17, 15) is 9.90 Å². The van der Waals surface area contributed by atoms with Gasteiger partial charge in [-0.3, -0.25) is 4.79 Å². The lowest BCUT2D eigenvalue weighted by atomic mass is 10.0. The fourth-order valence-electron chi connectivity index (χ4n) is 1.60. The highest BCUT2D eigenvalue weighted by Crippen LogP contribution is 2.24. The van der Waals surface area contributed by atoms with Crippen LogP contribution in [-0.4, -0.2) is 22.4 Å². The molecule has 0 saturated carbocycles. The molecule has 2 atom stereocenters. The quantitative estimate of drug-likeness (QED) is 0.684. The number of fused-ring (bicyclic) bond motifs is 1. The van der Waals surface area contributed by atoms with Gasteiger partial charge in [0.25, 0.3) is 0 Å². The minimum absolute atomic E-state index is 0.626. The third-order valence-electron chi connectivity index (χ3n) is 2.42. The molecule has 0 aliphatic carbocycles. The van der Waals surface area contributed by atoms with Crippen LogP contribution in [0.4, 0.5) is 0 Å². The lowest BCUT2D eigenvalue weighted by Crippen LogP contribution is -2.29. The summed E-state index contributed by atoms with van der Waals surface area (Å²) in [6.45, 7) is 0. The summed E-state index contributed by atoms with van der Waals surface area (Å²) < 4.78 is 0. The van der Waals surface area contributed by atoms with E-state index >= 15 is 0 Å². The van der Waals surface area contributed by atoms with Gasteiger partial charge in [-0.15, -0.1) is 0 Å². The molecule has 15 heavy (non-hydrogen) atoms. The van der Waals surface area contributed by atoms with Gasteiger partial charge in [-0.2, -0.15) is 0 Å². The van der Waals surface area contributed by atoms with E-state index < -0.39 is 12.1 Å². The van der Waals surface area contributed by atoms with Gasteiger partial charge in [-0.1, -0.05) is 18.2 Å². The van der Waals surface area contributed by atoms with Crippen molar-refractivity contribution in [3.63, 3.8) is 0 Å². The Morgan fingerprint density at radius 3 is 2.87 bits per heavy atom. The van der Waals surface area contributed by atoms with E-state index in [0.29, 0.717) is 5.56 Å². The molecule has 0 aliphatic rings. The van der Waals surface area contributed by atoms with Gasteiger partial charge in [0.1, 0.15) is 12.1 Å². The van der Waals surface area contributed by atoms with Crippen LogP contribution in [0.2, 0.25) is 0 Å². The van der Waals surface area contributed by atoms with Gasteiger partial charge in [0.15, 0.2) is 0 Å². The van der Waals surface area contributed by atoms with E-state index in [2.05, 4.69) is 4.98 Å². The molecule has 0 fully saturated rings. The largest absolute Gasteiger partial charge is 0.386 e. The standard InChI is InChI=1S/C11H11N2O2/c12-9(6-14)11(15)8-5-13-10-4-2-1-3-7(8)10/h1-5,9,11,13,15H,12H2/t9-,11?/m1/s1. The normalized spacial score (nSPS) is 15.1. The zero-order valence-electron chi connectivity index (χ0n) is 7.97. The first-order valence-corrected chi connectivity index (χ1v) is 4.61. The monoisotopic (exact) mass is 203 g/mol. The molecule has 0 bridgehead atoms. The second kappa shape index (κ2) is 3.84. The zero-order chi connectivity index (χ0) is 10.8. The van der Waals surface area contributed by atoms with Crippen LogP contribution in [0, 0.1) is 0 Å². The van der Waals surface area contributed by atoms with Gasteiger partial charge >= 0.3 is 0 Å². The topological polar surface area (TPSA) is 79.1 Å². The van der Waals surface area contributed by atoms with Crippen LogP contribution >= 0.6 is 0 Å². The number of benzene rings is 1. The first kappa shape index (κ1) is 9.89. The summed E-state index contributed by atoms with van der Waals surface area (Å²) in [6, 6.07) is 6.50. The highest BCUT2D eigenvalue weighted by atomic mass is 16.3. The van der Waals surface area contributed by atoms with E-state index in [-0.39, 0.29) is 0 Å². The molecule has 1 aromatic heterocycles. The second-order valence-electron chi connectivity index (χ2n) is 3.38. The number of nitrogens with two attached hydrogens (primary N) is 1. The predicted molar refractivity (Wildman–Crippen MR) is 56.9 cm³/mol. The number of aromatic nitrogens is 1. The Morgan fingerprint density at radius 2 is 2.13 bits per heavy atom. The molecular formula is C11H11N2O2. The fraction of sp³-hybridized carbons (Fsp3) is 0.182. The van der Waals surface area contributed by atoms with Crippen LogP contribution in [-0.2, 0) is 4.79 Å². The Hall–Kier alpha value is -1.65. The highest BCUT2D eigenvalue weighted by molar-refractivity contribution is 5.84. The van der Waals surface area contributed by atoms with E-state index in [1.54, 1.807) is 12.5 Å². The molecule has 0 saturated heterocycles. The smallest absolute Gasteiger partial charge is 0.219 e. The fourth-order valence-corrected chi connectivity index (χ4v) is 1.60. The number of hydrogen-bond acceptors (Lipinski definition) is 3. The molecule has 0 aliphatic heterocycles. The third kappa shape index (κ3) is 1.65. The minimum atomic E-state index is -1.02. The Labute approximate surface area is 86.7 Å². The number of aromatic amines is 1. The summed E-state index contributed by atoms with van der Waals surface area (Å²) in [5.74, 6) is 0. The van der Waals surface area contributed by atoms with Crippen molar-refractivity contribution in [2.45, 2.75) is 12.1 Å². The number of nitrogens with one attached hydrogen (secondary N) is 1. The van der Waals surface area contributed by atoms with Crippen molar-refractivity contribution in [2.75, 3.05) is 0 Å². The molecule has 2 rings (SSSR count). The number of para-hydroxylation sites is 1. The summed E-state index contributed by atoms with van der Waals surface area (Å²) in [6.07, 6.45) is 2.23. The highest BCUT2D eigenvalue weighted by Gasteiger charge is 2.19. The van der Waals surface area contributed by atoms with Crippen LogP contribution in [0.25, 0.3) is 10.9 Å². The minimum Gasteiger partial charge on any atom is -0.386 e. The number of H-pyrrole nitrogens is 1. The van der Waals surface area contributed by atoms with E-state index in [1.807, 2.05) is 24.3 Å². The Bertz CT molecular complexity index is 478. The molecule has 77 valence electrons. The number of hydrogen-bond donors (Lipinski definition) is 3. The molecule has 2 aromatic rings. The average molecular weight is 203 g/mol. The van der Waals surface area contributed by atoms with Gasteiger partial charge < -0.3 is 15.8 Å². The van der Waals surface area contributed by atoms with Crippen molar-refractivity contribution in [2.24, 2.45) is 5.73 Å². The zero-order valence-corrected chi connectivity index (χ0v) is 7.97. The molecule has 1 heterocycles. The molecular weight excluding hydrogens is 192 g/mol. The molecule has 4 N–H and O–H groups in total. The summed E-state index contributed by atoms with van der Waals surface area (Å²) >= 11 is 0. The van der Waals surface area contributed by atoms with E-state index in [4.69, 9.17) is 5.73 Å². The van der Waals surface area contributed by atoms with E-state index in [1.165, 1.54) is 0 Å².